The Kier molecular flexibility index (Phi) is 8.28. The van der Waals surface area contributed by atoms with Gasteiger partial charge in [-0.1, -0.05) is 24.3 Å². The Morgan fingerprint density at radius 2 is 1.86 bits per heavy atom. The smallest absolute Gasteiger partial charge is 0.338 e. The van der Waals surface area contributed by atoms with Crippen LogP contribution >= 0.6 is 11.3 Å². The zero-order chi connectivity index (χ0) is 24.8. The highest BCUT2D eigenvalue weighted by Crippen LogP contribution is 2.25. The summed E-state index contributed by atoms with van der Waals surface area (Å²) in [7, 11) is 2.17. The number of esters is 1. The first-order valence-corrected chi connectivity index (χ1v) is 12.8. The number of thiazole rings is 1. The first-order valence-electron chi connectivity index (χ1n) is 11.9. The minimum Gasteiger partial charge on any atom is -0.459 e. The van der Waals surface area contributed by atoms with Crippen molar-refractivity contribution in [3.63, 3.8) is 0 Å². The van der Waals surface area contributed by atoms with Crippen molar-refractivity contribution in [3.05, 3.63) is 70.7 Å². The molecule has 2 aromatic carbocycles. The van der Waals surface area contributed by atoms with Crippen molar-refractivity contribution >= 4 is 28.9 Å². The highest BCUT2D eigenvalue weighted by molar-refractivity contribution is 7.13. The number of likely N-dealkylation sites (N-methyl/N-ethyl adjacent to an activating group) is 1. The molecule has 0 saturated carbocycles. The van der Waals surface area contributed by atoms with E-state index in [1.807, 2.05) is 5.38 Å². The fourth-order valence-corrected chi connectivity index (χ4v) is 4.78. The molecule has 0 radical (unpaired) electrons. The van der Waals surface area contributed by atoms with Gasteiger partial charge in [0.2, 0.25) is 5.91 Å². The molecule has 0 unspecified atom stereocenters. The molecule has 0 bridgehead atoms. The summed E-state index contributed by atoms with van der Waals surface area (Å²) in [4.78, 5) is 34.3. The summed E-state index contributed by atoms with van der Waals surface area (Å²) in [5, 5.41) is 5.69. The second-order valence-corrected chi connectivity index (χ2v) is 10.0. The Morgan fingerprint density at radius 1 is 1.09 bits per heavy atom. The van der Waals surface area contributed by atoms with E-state index in [0.29, 0.717) is 11.3 Å². The number of hydrogen-bond donors (Lipinski definition) is 1. The van der Waals surface area contributed by atoms with Gasteiger partial charge in [0.05, 0.1) is 23.8 Å². The predicted octanol–water partition coefficient (Wildman–Crippen LogP) is 4.30. The third-order valence-corrected chi connectivity index (χ3v) is 6.73. The van der Waals surface area contributed by atoms with Gasteiger partial charge in [-0.2, -0.15) is 0 Å². The van der Waals surface area contributed by atoms with Crippen molar-refractivity contribution in [1.82, 2.24) is 14.8 Å². The summed E-state index contributed by atoms with van der Waals surface area (Å²) in [6, 6.07) is 15.3. The van der Waals surface area contributed by atoms with Crippen LogP contribution in [0.5, 0.6) is 0 Å². The van der Waals surface area contributed by atoms with Gasteiger partial charge in [-0.25, -0.2) is 9.78 Å². The van der Waals surface area contributed by atoms with Crippen LogP contribution in [-0.4, -0.2) is 66.0 Å². The number of nitrogens with one attached hydrogen (secondary N) is 1. The molecular weight excluding hydrogens is 460 g/mol. The number of nitrogens with zero attached hydrogens (tertiary/aromatic N) is 3. The molecule has 8 heteroatoms. The lowest BCUT2D eigenvalue weighted by Gasteiger charge is -2.32. The lowest BCUT2D eigenvalue weighted by Crippen LogP contribution is -2.43. The lowest BCUT2D eigenvalue weighted by molar-refractivity contribution is -0.115. The fourth-order valence-electron chi connectivity index (χ4n) is 3.96. The molecule has 1 aliphatic heterocycles. The number of rotatable bonds is 8. The maximum absolute atomic E-state index is 12.6. The van der Waals surface area contributed by atoms with E-state index in [1.165, 1.54) is 5.56 Å². The van der Waals surface area contributed by atoms with Crippen molar-refractivity contribution in [3.8, 4) is 10.6 Å². The van der Waals surface area contributed by atoms with Crippen molar-refractivity contribution in [1.29, 1.82) is 0 Å². The van der Waals surface area contributed by atoms with Gasteiger partial charge in [0, 0.05) is 49.4 Å². The van der Waals surface area contributed by atoms with Crippen LogP contribution in [0.2, 0.25) is 0 Å². The normalized spacial score (nSPS) is 14.7. The van der Waals surface area contributed by atoms with Gasteiger partial charge in [-0.3, -0.25) is 9.69 Å². The first kappa shape index (κ1) is 25.0. The van der Waals surface area contributed by atoms with E-state index in [9.17, 15) is 9.59 Å². The monoisotopic (exact) mass is 492 g/mol. The summed E-state index contributed by atoms with van der Waals surface area (Å²) in [5.74, 6) is -0.588. The number of hydrogen-bond acceptors (Lipinski definition) is 7. The Morgan fingerprint density at radius 3 is 2.63 bits per heavy atom. The maximum atomic E-state index is 12.6. The van der Waals surface area contributed by atoms with Crippen LogP contribution in [0.25, 0.3) is 10.6 Å². The molecule has 1 fully saturated rings. The average Bonchev–Trinajstić information content (AvgIpc) is 3.29. The zero-order valence-corrected chi connectivity index (χ0v) is 21.3. The second-order valence-electron chi connectivity index (χ2n) is 9.18. The summed E-state index contributed by atoms with van der Waals surface area (Å²) in [6.07, 6.45) is -0.0369. The third kappa shape index (κ3) is 7.21. The number of ether oxygens (including phenoxy) is 1. The zero-order valence-electron chi connectivity index (χ0n) is 20.5. The van der Waals surface area contributed by atoms with Crippen LogP contribution in [-0.2, 0) is 22.5 Å². The van der Waals surface area contributed by atoms with Crippen molar-refractivity contribution in [2.45, 2.75) is 32.9 Å². The molecule has 1 aromatic heterocycles. The van der Waals surface area contributed by atoms with Crippen LogP contribution < -0.4 is 5.32 Å². The Labute approximate surface area is 210 Å². The van der Waals surface area contributed by atoms with Gasteiger partial charge in [-0.05, 0) is 50.7 Å². The average molecular weight is 493 g/mol. The number of piperazine rings is 1. The maximum Gasteiger partial charge on any atom is 0.338 e. The first-order chi connectivity index (χ1) is 16.9. The molecule has 0 spiro atoms. The van der Waals surface area contributed by atoms with E-state index in [1.54, 1.807) is 49.4 Å². The van der Waals surface area contributed by atoms with Crippen LogP contribution in [0.4, 0.5) is 5.69 Å². The highest BCUT2D eigenvalue weighted by atomic mass is 32.1. The van der Waals surface area contributed by atoms with Gasteiger partial charge in [0.15, 0.2) is 0 Å². The number of benzene rings is 2. The number of amides is 1. The van der Waals surface area contributed by atoms with E-state index in [4.69, 9.17) is 9.72 Å². The van der Waals surface area contributed by atoms with Gasteiger partial charge < -0.3 is 15.0 Å². The standard InChI is InChI=1S/C27H32N4O3S/c1-19(2)34-27(33)22-8-5-9-23(15-22)28-25(32)16-24-18-35-26(29-24)21-7-4-6-20(14-21)17-31-12-10-30(3)11-13-31/h4-9,14-15,18-19H,10-13,16-17H2,1-3H3,(H,28,32). The number of anilines is 1. The lowest BCUT2D eigenvalue weighted by atomic mass is 10.1. The van der Waals surface area contributed by atoms with E-state index >= 15 is 0 Å². The summed E-state index contributed by atoms with van der Waals surface area (Å²) in [6.45, 7) is 8.91. The van der Waals surface area contributed by atoms with Crippen LogP contribution in [0.1, 0.15) is 35.5 Å². The second kappa shape index (κ2) is 11.6. The van der Waals surface area contributed by atoms with Gasteiger partial charge in [-0.15, -0.1) is 11.3 Å². The Bertz CT molecular complexity index is 1170. The van der Waals surface area contributed by atoms with Crippen molar-refractivity contribution < 1.29 is 14.3 Å². The molecule has 4 rings (SSSR count). The molecule has 1 amide bonds. The largest absolute Gasteiger partial charge is 0.459 e. The molecule has 0 aliphatic carbocycles. The molecule has 2 heterocycles. The quantitative estimate of drug-likeness (QED) is 0.473. The van der Waals surface area contributed by atoms with Crippen molar-refractivity contribution in [2.24, 2.45) is 0 Å². The van der Waals surface area contributed by atoms with Crippen LogP contribution in [0, 0.1) is 0 Å². The SMILES string of the molecule is CC(C)OC(=O)c1cccc(NC(=O)Cc2csc(-c3cccc(CN4CCN(C)CC4)c3)n2)c1. The molecule has 1 aliphatic rings. The topological polar surface area (TPSA) is 74.8 Å². The molecular formula is C27H32N4O3S. The highest BCUT2D eigenvalue weighted by Gasteiger charge is 2.15. The minimum atomic E-state index is -0.407. The fraction of sp³-hybridized carbons (Fsp3) is 0.370. The molecule has 1 saturated heterocycles. The van der Waals surface area contributed by atoms with E-state index in [-0.39, 0.29) is 18.4 Å². The van der Waals surface area contributed by atoms with Gasteiger partial charge in [0.1, 0.15) is 5.01 Å². The summed E-state index contributed by atoms with van der Waals surface area (Å²) < 4.78 is 5.23. The van der Waals surface area contributed by atoms with Crippen molar-refractivity contribution in [2.75, 3.05) is 38.5 Å². The molecule has 1 N–H and O–H groups in total. The molecule has 3 aromatic rings. The van der Waals surface area contributed by atoms with E-state index < -0.39 is 5.97 Å². The van der Waals surface area contributed by atoms with Gasteiger partial charge >= 0.3 is 5.97 Å². The van der Waals surface area contributed by atoms with E-state index in [2.05, 4.69) is 46.4 Å². The van der Waals surface area contributed by atoms with E-state index in [0.717, 1.165) is 49.0 Å². The predicted molar refractivity (Wildman–Crippen MR) is 140 cm³/mol. The van der Waals surface area contributed by atoms with Gasteiger partial charge in [0.25, 0.3) is 0 Å². The minimum absolute atomic E-state index is 0.165. The summed E-state index contributed by atoms with van der Waals surface area (Å²) >= 11 is 1.55. The Balaban J connectivity index is 1.35. The molecule has 184 valence electrons. The number of aromatic nitrogens is 1. The summed E-state index contributed by atoms with van der Waals surface area (Å²) in [5.41, 5.74) is 4.04. The number of carbonyl (C=O) groups excluding carboxylic acids is 2. The molecule has 35 heavy (non-hydrogen) atoms. The van der Waals surface area contributed by atoms with Crippen LogP contribution in [0.3, 0.4) is 0 Å². The van der Waals surface area contributed by atoms with Crippen LogP contribution in [0.15, 0.2) is 53.9 Å². The number of carbonyl (C=O) groups is 2. The molecule has 7 nitrogen and oxygen atoms in total. The Hall–Kier alpha value is -3.07. The molecule has 0 atom stereocenters. The third-order valence-electron chi connectivity index (χ3n) is 5.79.